The molecule has 128 valence electrons. The van der Waals surface area contributed by atoms with Gasteiger partial charge in [0.25, 0.3) is 11.8 Å². The number of anilines is 1. The van der Waals surface area contributed by atoms with E-state index in [1.807, 2.05) is 43.7 Å². The van der Waals surface area contributed by atoms with Crippen molar-refractivity contribution in [2.24, 2.45) is 7.05 Å². The summed E-state index contributed by atoms with van der Waals surface area (Å²) < 4.78 is 2.90. The number of benzene rings is 1. The van der Waals surface area contributed by atoms with E-state index < -0.39 is 11.8 Å². The molecule has 2 amide bonds. The van der Waals surface area contributed by atoms with Crippen LogP contribution in [0.4, 0.5) is 5.69 Å². The number of halogens is 1. The molecule has 1 aliphatic heterocycles. The Morgan fingerprint density at radius 2 is 1.80 bits per heavy atom. The number of rotatable bonds is 2. The van der Waals surface area contributed by atoms with E-state index in [0.717, 1.165) is 21.4 Å². The maximum Gasteiger partial charge on any atom is 0.270 e. The van der Waals surface area contributed by atoms with E-state index in [0.29, 0.717) is 5.69 Å². The number of carbonyl (C=O) groups excluding carboxylic acids is 2. The molecule has 7 heteroatoms. The van der Waals surface area contributed by atoms with E-state index in [1.165, 1.54) is 4.90 Å². The standard InChI is InChI=1S/C18H16BrN3O2S/c1-10-8-12(11(2)21(10)3)9-15-16(23)20-18(25)22(17(15)24)14-6-4-13(19)5-7-14/h4-9H,1-3H3,(H,20,23,25). The minimum absolute atomic E-state index is 0.0604. The number of aryl methyl sites for hydroxylation is 1. The maximum atomic E-state index is 12.9. The number of amides is 2. The highest BCUT2D eigenvalue weighted by Crippen LogP contribution is 2.25. The van der Waals surface area contributed by atoms with Crippen molar-refractivity contribution in [1.29, 1.82) is 0 Å². The molecule has 0 spiro atoms. The van der Waals surface area contributed by atoms with E-state index in [4.69, 9.17) is 12.2 Å². The molecule has 1 N–H and O–H groups in total. The van der Waals surface area contributed by atoms with Crippen LogP contribution in [0.2, 0.25) is 0 Å². The lowest BCUT2D eigenvalue weighted by molar-refractivity contribution is -0.122. The van der Waals surface area contributed by atoms with Gasteiger partial charge in [0.05, 0.1) is 5.69 Å². The highest BCUT2D eigenvalue weighted by molar-refractivity contribution is 9.10. The molecule has 2 heterocycles. The molecule has 0 unspecified atom stereocenters. The van der Waals surface area contributed by atoms with Gasteiger partial charge in [-0.15, -0.1) is 0 Å². The second kappa shape index (κ2) is 6.57. The second-order valence-electron chi connectivity index (χ2n) is 5.82. The third-order valence-corrected chi connectivity index (χ3v) is 5.11. The van der Waals surface area contributed by atoms with Gasteiger partial charge in [0.1, 0.15) is 5.57 Å². The SMILES string of the molecule is Cc1cc(C=C2C(=O)NC(=S)N(c3ccc(Br)cc3)C2=O)c(C)n1C. The van der Waals surface area contributed by atoms with Gasteiger partial charge in [-0.05, 0) is 68.0 Å². The summed E-state index contributed by atoms with van der Waals surface area (Å²) in [5.41, 5.74) is 3.53. The Hall–Kier alpha value is -2.25. The van der Waals surface area contributed by atoms with E-state index in [1.54, 1.807) is 18.2 Å². The van der Waals surface area contributed by atoms with Crippen LogP contribution in [0, 0.1) is 13.8 Å². The fourth-order valence-electron chi connectivity index (χ4n) is 2.67. The van der Waals surface area contributed by atoms with Crippen molar-refractivity contribution in [3.63, 3.8) is 0 Å². The van der Waals surface area contributed by atoms with Gasteiger partial charge in [-0.25, -0.2) is 0 Å². The Balaban J connectivity index is 2.05. The highest BCUT2D eigenvalue weighted by Gasteiger charge is 2.34. The number of thiocarbonyl (C=S) groups is 1. The van der Waals surface area contributed by atoms with Crippen LogP contribution in [0.5, 0.6) is 0 Å². The summed E-state index contributed by atoms with van der Waals surface area (Å²) in [6.07, 6.45) is 1.62. The van der Waals surface area contributed by atoms with Gasteiger partial charge < -0.3 is 4.57 Å². The van der Waals surface area contributed by atoms with Gasteiger partial charge >= 0.3 is 0 Å². The van der Waals surface area contributed by atoms with Crippen molar-refractivity contribution in [2.45, 2.75) is 13.8 Å². The summed E-state index contributed by atoms with van der Waals surface area (Å²) in [5, 5.41) is 2.67. The van der Waals surface area contributed by atoms with Gasteiger partial charge in [0.2, 0.25) is 0 Å². The monoisotopic (exact) mass is 417 g/mol. The van der Waals surface area contributed by atoms with E-state index in [-0.39, 0.29) is 10.7 Å². The van der Waals surface area contributed by atoms with Crippen molar-refractivity contribution >= 4 is 56.8 Å². The Morgan fingerprint density at radius 3 is 2.36 bits per heavy atom. The zero-order chi connectivity index (χ0) is 18.3. The zero-order valence-corrected chi connectivity index (χ0v) is 16.4. The van der Waals surface area contributed by atoms with Crippen LogP contribution >= 0.6 is 28.1 Å². The summed E-state index contributed by atoms with van der Waals surface area (Å²) in [7, 11) is 1.94. The molecule has 1 saturated heterocycles. The summed E-state index contributed by atoms with van der Waals surface area (Å²) in [4.78, 5) is 26.6. The topological polar surface area (TPSA) is 54.3 Å². The lowest BCUT2D eigenvalue weighted by Crippen LogP contribution is -2.54. The first-order valence-corrected chi connectivity index (χ1v) is 8.79. The summed E-state index contributed by atoms with van der Waals surface area (Å²) >= 11 is 8.56. The Bertz CT molecular complexity index is 929. The van der Waals surface area contributed by atoms with E-state index in [9.17, 15) is 9.59 Å². The smallest absolute Gasteiger partial charge is 0.270 e. The van der Waals surface area contributed by atoms with Crippen molar-refractivity contribution in [1.82, 2.24) is 9.88 Å². The summed E-state index contributed by atoms with van der Waals surface area (Å²) in [6, 6.07) is 9.11. The first-order valence-electron chi connectivity index (χ1n) is 7.59. The third kappa shape index (κ3) is 3.17. The van der Waals surface area contributed by atoms with Crippen molar-refractivity contribution < 1.29 is 9.59 Å². The van der Waals surface area contributed by atoms with Gasteiger partial charge in [0, 0.05) is 22.9 Å². The molecule has 1 aromatic carbocycles. The minimum atomic E-state index is -0.482. The molecule has 3 rings (SSSR count). The first-order chi connectivity index (χ1) is 11.8. The minimum Gasteiger partial charge on any atom is -0.352 e. The number of nitrogens with one attached hydrogen (secondary N) is 1. The lowest BCUT2D eigenvalue weighted by Gasteiger charge is -2.28. The molecule has 1 aromatic heterocycles. The fourth-order valence-corrected chi connectivity index (χ4v) is 3.21. The van der Waals surface area contributed by atoms with Crippen LogP contribution in [-0.4, -0.2) is 21.5 Å². The maximum absolute atomic E-state index is 12.9. The van der Waals surface area contributed by atoms with Crippen LogP contribution in [0.1, 0.15) is 17.0 Å². The predicted molar refractivity (Wildman–Crippen MR) is 105 cm³/mol. The number of aromatic nitrogens is 1. The number of hydrogen-bond acceptors (Lipinski definition) is 3. The largest absolute Gasteiger partial charge is 0.352 e. The Morgan fingerprint density at radius 1 is 1.16 bits per heavy atom. The van der Waals surface area contributed by atoms with Crippen LogP contribution in [0.15, 0.2) is 40.4 Å². The molecular weight excluding hydrogens is 402 g/mol. The molecule has 0 bridgehead atoms. The van der Waals surface area contributed by atoms with Gasteiger partial charge in [-0.1, -0.05) is 15.9 Å². The van der Waals surface area contributed by atoms with Crippen LogP contribution in [0.25, 0.3) is 6.08 Å². The second-order valence-corrected chi connectivity index (χ2v) is 7.12. The quantitative estimate of drug-likeness (QED) is 0.463. The first kappa shape index (κ1) is 17.6. The molecule has 5 nitrogen and oxygen atoms in total. The van der Waals surface area contributed by atoms with E-state index >= 15 is 0 Å². The lowest BCUT2D eigenvalue weighted by atomic mass is 10.1. The molecule has 1 aliphatic rings. The molecule has 0 aliphatic carbocycles. The highest BCUT2D eigenvalue weighted by atomic mass is 79.9. The van der Waals surface area contributed by atoms with Gasteiger partial charge in [-0.3, -0.25) is 19.8 Å². The Kier molecular flexibility index (Phi) is 4.62. The number of carbonyl (C=O) groups is 2. The number of nitrogens with zero attached hydrogens (tertiary/aromatic N) is 2. The number of hydrogen-bond donors (Lipinski definition) is 1. The van der Waals surface area contributed by atoms with Gasteiger partial charge in [0.15, 0.2) is 5.11 Å². The summed E-state index contributed by atoms with van der Waals surface area (Å²) in [6.45, 7) is 3.92. The fraction of sp³-hybridized carbons (Fsp3) is 0.167. The van der Waals surface area contributed by atoms with Crippen LogP contribution in [0.3, 0.4) is 0 Å². The molecule has 0 saturated carbocycles. The van der Waals surface area contributed by atoms with Crippen molar-refractivity contribution in [3.8, 4) is 0 Å². The molecular formula is C18H16BrN3O2S. The predicted octanol–water partition coefficient (Wildman–Crippen LogP) is 3.24. The molecule has 0 atom stereocenters. The zero-order valence-electron chi connectivity index (χ0n) is 14.0. The molecule has 2 aromatic rings. The molecule has 0 radical (unpaired) electrons. The van der Waals surface area contributed by atoms with Crippen LogP contribution in [-0.2, 0) is 16.6 Å². The van der Waals surface area contributed by atoms with Crippen LogP contribution < -0.4 is 10.2 Å². The third-order valence-electron chi connectivity index (χ3n) is 4.30. The Labute approximate surface area is 159 Å². The summed E-state index contributed by atoms with van der Waals surface area (Å²) in [5.74, 6) is -0.916. The molecule has 25 heavy (non-hydrogen) atoms. The van der Waals surface area contributed by atoms with Crippen molar-refractivity contribution in [2.75, 3.05) is 4.90 Å². The van der Waals surface area contributed by atoms with Crippen molar-refractivity contribution in [3.05, 3.63) is 57.3 Å². The molecule has 1 fully saturated rings. The average Bonchev–Trinajstić information content (AvgIpc) is 2.80. The average molecular weight is 418 g/mol. The normalized spacial score (nSPS) is 16.6. The van der Waals surface area contributed by atoms with Gasteiger partial charge in [-0.2, -0.15) is 0 Å². The van der Waals surface area contributed by atoms with E-state index in [2.05, 4.69) is 21.2 Å².